The quantitative estimate of drug-likeness (QED) is 0.500. The van der Waals surface area contributed by atoms with Crippen LogP contribution in [0.15, 0.2) is 58.3 Å². The van der Waals surface area contributed by atoms with Crippen molar-refractivity contribution in [2.24, 2.45) is 0 Å². The predicted molar refractivity (Wildman–Crippen MR) is 106 cm³/mol. The molecule has 0 saturated heterocycles. The van der Waals surface area contributed by atoms with Gasteiger partial charge in [0.2, 0.25) is 0 Å². The molecule has 144 valence electrons. The Balaban J connectivity index is 2.56. The molecule has 0 aliphatic carbocycles. The molecule has 26 heavy (non-hydrogen) atoms. The molecule has 0 fully saturated rings. The standard InChI is InChI=1S/C22H29F3S/c1-20(2,3)16-8-12-18(13-9-16)26(7,22(23,24)25)19-14-10-17(11-15-19)21(4,5)6/h8-15H,1-7H3. The van der Waals surface area contributed by atoms with Crippen LogP contribution in [0.25, 0.3) is 0 Å². The van der Waals surface area contributed by atoms with E-state index in [1.165, 1.54) is 6.26 Å². The van der Waals surface area contributed by atoms with E-state index in [0.717, 1.165) is 11.1 Å². The fraction of sp³-hybridized carbons (Fsp3) is 0.455. The van der Waals surface area contributed by atoms with Crippen molar-refractivity contribution >= 4 is 10.0 Å². The molecule has 0 spiro atoms. The lowest BCUT2D eigenvalue weighted by molar-refractivity contribution is -0.0381. The second kappa shape index (κ2) is 6.63. The molecule has 0 unspecified atom stereocenters. The first-order chi connectivity index (χ1) is 11.7. The fourth-order valence-electron chi connectivity index (χ4n) is 2.86. The van der Waals surface area contributed by atoms with E-state index >= 15 is 0 Å². The highest BCUT2D eigenvalue weighted by Crippen LogP contribution is 2.70. The highest BCUT2D eigenvalue weighted by Gasteiger charge is 2.49. The van der Waals surface area contributed by atoms with Crippen molar-refractivity contribution < 1.29 is 13.2 Å². The predicted octanol–water partition coefficient (Wildman–Crippen LogP) is 7.65. The van der Waals surface area contributed by atoms with Crippen LogP contribution in [0.2, 0.25) is 0 Å². The van der Waals surface area contributed by atoms with Gasteiger partial charge in [0.25, 0.3) is 0 Å². The van der Waals surface area contributed by atoms with Crippen LogP contribution in [0, 0.1) is 0 Å². The molecule has 0 amide bonds. The zero-order valence-electron chi connectivity index (χ0n) is 16.7. The van der Waals surface area contributed by atoms with E-state index < -0.39 is 15.5 Å². The number of rotatable bonds is 2. The fourth-order valence-corrected chi connectivity index (χ4v) is 5.03. The molecule has 0 aromatic heterocycles. The number of benzene rings is 2. The molecule has 0 nitrogen and oxygen atoms in total. The minimum atomic E-state index is -4.31. The van der Waals surface area contributed by atoms with Crippen molar-refractivity contribution in [3.05, 3.63) is 59.7 Å². The summed E-state index contributed by atoms with van der Waals surface area (Å²) in [5.74, 6) is 0. The van der Waals surface area contributed by atoms with Crippen molar-refractivity contribution in [3.63, 3.8) is 0 Å². The summed E-state index contributed by atoms with van der Waals surface area (Å²) in [6, 6.07) is 13.9. The molecule has 4 heteroatoms. The summed E-state index contributed by atoms with van der Waals surface area (Å²) in [6.45, 7) is 12.4. The molecule has 0 atom stereocenters. The largest absolute Gasteiger partial charge is 0.433 e. The third-order valence-electron chi connectivity index (χ3n) is 4.85. The highest BCUT2D eigenvalue weighted by molar-refractivity contribution is 8.34. The normalized spacial score (nSPS) is 14.4. The van der Waals surface area contributed by atoms with E-state index in [9.17, 15) is 13.2 Å². The van der Waals surface area contributed by atoms with Crippen LogP contribution in [0.5, 0.6) is 0 Å². The maximum absolute atomic E-state index is 14.2. The summed E-state index contributed by atoms with van der Waals surface area (Å²) in [6.07, 6.45) is 1.35. The Morgan fingerprint density at radius 1 is 0.577 bits per heavy atom. The van der Waals surface area contributed by atoms with Crippen LogP contribution in [-0.2, 0) is 10.8 Å². The van der Waals surface area contributed by atoms with E-state index in [-0.39, 0.29) is 10.8 Å². The van der Waals surface area contributed by atoms with Gasteiger partial charge in [-0.2, -0.15) is 13.2 Å². The first-order valence-electron chi connectivity index (χ1n) is 8.73. The Hall–Kier alpha value is -1.42. The van der Waals surface area contributed by atoms with E-state index in [1.807, 2.05) is 24.3 Å². The number of hydrogen-bond donors (Lipinski definition) is 0. The lowest BCUT2D eigenvalue weighted by Gasteiger charge is -2.39. The third kappa shape index (κ3) is 3.95. The van der Waals surface area contributed by atoms with Gasteiger partial charge in [-0.25, -0.2) is 0 Å². The summed E-state index contributed by atoms with van der Waals surface area (Å²) < 4.78 is 42.5. The van der Waals surface area contributed by atoms with Gasteiger partial charge in [-0.3, -0.25) is 0 Å². The molecule has 0 N–H and O–H groups in total. The minimum Gasteiger partial charge on any atom is -0.161 e. The Kier molecular flexibility index (Phi) is 5.33. The van der Waals surface area contributed by atoms with Crippen LogP contribution >= 0.6 is 10.0 Å². The summed E-state index contributed by atoms with van der Waals surface area (Å²) in [5.41, 5.74) is -2.41. The van der Waals surface area contributed by atoms with Gasteiger partial charge >= 0.3 is 5.51 Å². The van der Waals surface area contributed by atoms with E-state index in [4.69, 9.17) is 0 Å². The average Bonchev–Trinajstić information content (AvgIpc) is 2.51. The van der Waals surface area contributed by atoms with Gasteiger partial charge in [-0.1, -0.05) is 75.8 Å². The molecule has 0 radical (unpaired) electrons. The first-order valence-corrected chi connectivity index (χ1v) is 10.8. The van der Waals surface area contributed by atoms with Gasteiger partial charge in [0.15, 0.2) is 0 Å². The van der Waals surface area contributed by atoms with Crippen LogP contribution < -0.4 is 0 Å². The van der Waals surface area contributed by atoms with Crippen molar-refractivity contribution in [1.82, 2.24) is 0 Å². The molecule has 0 aliphatic rings. The summed E-state index contributed by atoms with van der Waals surface area (Å²) in [7, 11) is -3.14. The van der Waals surface area contributed by atoms with Crippen LogP contribution in [-0.4, -0.2) is 11.8 Å². The van der Waals surface area contributed by atoms with Gasteiger partial charge in [0.05, 0.1) is 0 Å². The maximum atomic E-state index is 14.2. The Labute approximate surface area is 157 Å². The lowest BCUT2D eigenvalue weighted by atomic mass is 9.87. The molecule has 0 bridgehead atoms. The third-order valence-corrected chi connectivity index (χ3v) is 8.20. The molecule has 2 rings (SSSR count). The smallest absolute Gasteiger partial charge is 0.161 e. The molecule has 2 aromatic carbocycles. The van der Waals surface area contributed by atoms with Crippen molar-refractivity contribution in [2.45, 2.75) is 67.7 Å². The maximum Gasteiger partial charge on any atom is 0.433 e. The number of halogens is 3. The number of alkyl halides is 3. The summed E-state index contributed by atoms with van der Waals surface area (Å²) in [4.78, 5) is 0.697. The van der Waals surface area contributed by atoms with Gasteiger partial charge in [0, 0.05) is 9.79 Å². The molecular weight excluding hydrogens is 353 g/mol. The SMILES string of the molecule is CC(C)(C)c1ccc(S(C)(c2ccc(C(C)(C)C)cc2)C(F)(F)F)cc1. The van der Waals surface area contributed by atoms with Crippen molar-refractivity contribution in [3.8, 4) is 0 Å². The topological polar surface area (TPSA) is 0 Å². The summed E-state index contributed by atoms with van der Waals surface area (Å²) in [5, 5.41) is 0. The molecule has 0 aliphatic heterocycles. The average molecular weight is 383 g/mol. The zero-order valence-corrected chi connectivity index (χ0v) is 17.5. The van der Waals surface area contributed by atoms with Gasteiger partial charge in [-0.15, -0.1) is 0 Å². The van der Waals surface area contributed by atoms with E-state index in [1.54, 1.807) is 24.3 Å². The van der Waals surface area contributed by atoms with E-state index in [0.29, 0.717) is 9.79 Å². The van der Waals surface area contributed by atoms with Crippen LogP contribution in [0.3, 0.4) is 0 Å². The van der Waals surface area contributed by atoms with Gasteiger partial charge < -0.3 is 0 Å². The zero-order chi connectivity index (χ0) is 20.0. The lowest BCUT2D eigenvalue weighted by Crippen LogP contribution is -2.21. The second-order valence-corrected chi connectivity index (χ2v) is 12.2. The van der Waals surface area contributed by atoms with E-state index in [2.05, 4.69) is 41.5 Å². The second-order valence-electron chi connectivity index (χ2n) is 8.91. The van der Waals surface area contributed by atoms with Crippen LogP contribution in [0.4, 0.5) is 13.2 Å². The number of hydrogen-bond acceptors (Lipinski definition) is 0. The van der Waals surface area contributed by atoms with Gasteiger partial charge in [0.1, 0.15) is 0 Å². The highest BCUT2D eigenvalue weighted by atomic mass is 32.3. The molecular formula is C22H29F3S. The monoisotopic (exact) mass is 382 g/mol. The minimum absolute atomic E-state index is 0.0865. The Morgan fingerprint density at radius 2 is 0.846 bits per heavy atom. The molecule has 2 aromatic rings. The molecule has 0 saturated carbocycles. The first kappa shape index (κ1) is 20.9. The van der Waals surface area contributed by atoms with Crippen molar-refractivity contribution in [1.29, 1.82) is 0 Å². The van der Waals surface area contributed by atoms with Crippen molar-refractivity contribution in [2.75, 3.05) is 6.26 Å². The Morgan fingerprint density at radius 3 is 1.04 bits per heavy atom. The summed E-state index contributed by atoms with van der Waals surface area (Å²) >= 11 is 0. The van der Waals surface area contributed by atoms with Gasteiger partial charge in [-0.05, 0) is 52.5 Å². The molecule has 0 heterocycles. The van der Waals surface area contributed by atoms with Crippen LogP contribution in [0.1, 0.15) is 52.7 Å². The Bertz CT molecular complexity index is 685.